The van der Waals surface area contributed by atoms with E-state index >= 15 is 0 Å². The molecular formula is C15H13F3N4O. The van der Waals surface area contributed by atoms with Gasteiger partial charge in [0.1, 0.15) is 5.82 Å². The lowest BCUT2D eigenvalue weighted by molar-refractivity contribution is -0.137. The van der Waals surface area contributed by atoms with Crippen LogP contribution in [0.5, 0.6) is 0 Å². The molecule has 120 valence electrons. The predicted molar refractivity (Wildman–Crippen MR) is 81.2 cm³/mol. The summed E-state index contributed by atoms with van der Waals surface area (Å²) < 4.78 is 37.2. The SMILES string of the molecule is CC(=O)Nc1ccc(/C=N/Nc2ccc(C(F)(F)F)cn2)cc1. The van der Waals surface area contributed by atoms with Gasteiger partial charge < -0.3 is 5.32 Å². The summed E-state index contributed by atoms with van der Waals surface area (Å²) in [6.45, 7) is 1.41. The van der Waals surface area contributed by atoms with E-state index in [1.165, 1.54) is 19.2 Å². The molecule has 0 saturated carbocycles. The molecule has 5 nitrogen and oxygen atoms in total. The number of halogens is 3. The lowest BCUT2D eigenvalue weighted by atomic mass is 10.2. The molecule has 0 atom stereocenters. The summed E-state index contributed by atoms with van der Waals surface area (Å²) in [5.41, 5.74) is 3.13. The number of hydrogen-bond acceptors (Lipinski definition) is 4. The Hall–Kier alpha value is -2.90. The second-order valence-electron chi connectivity index (χ2n) is 4.60. The Bertz CT molecular complexity index is 694. The maximum absolute atomic E-state index is 12.4. The minimum atomic E-state index is -4.41. The second kappa shape index (κ2) is 6.91. The van der Waals surface area contributed by atoms with Gasteiger partial charge in [-0.2, -0.15) is 18.3 Å². The van der Waals surface area contributed by atoms with Gasteiger partial charge in [0.05, 0.1) is 11.8 Å². The molecule has 0 radical (unpaired) electrons. The van der Waals surface area contributed by atoms with Crippen LogP contribution in [0.4, 0.5) is 24.7 Å². The summed E-state index contributed by atoms with van der Waals surface area (Å²) >= 11 is 0. The van der Waals surface area contributed by atoms with Gasteiger partial charge in [0.2, 0.25) is 5.91 Å². The third-order valence-electron chi connectivity index (χ3n) is 2.71. The fourth-order valence-electron chi connectivity index (χ4n) is 1.66. The van der Waals surface area contributed by atoms with Crippen LogP contribution < -0.4 is 10.7 Å². The summed E-state index contributed by atoms with van der Waals surface area (Å²) in [4.78, 5) is 14.5. The first-order valence-electron chi connectivity index (χ1n) is 6.54. The average Bonchev–Trinajstić information content (AvgIpc) is 2.48. The third-order valence-corrected chi connectivity index (χ3v) is 2.71. The number of benzene rings is 1. The van der Waals surface area contributed by atoms with Crippen molar-refractivity contribution in [1.82, 2.24) is 4.98 Å². The number of nitrogens with one attached hydrogen (secondary N) is 2. The number of rotatable bonds is 4. The summed E-state index contributed by atoms with van der Waals surface area (Å²) in [5.74, 6) is 0.0329. The van der Waals surface area contributed by atoms with Crippen molar-refractivity contribution >= 4 is 23.6 Å². The molecule has 0 unspecified atom stereocenters. The van der Waals surface area contributed by atoms with Crippen LogP contribution >= 0.6 is 0 Å². The number of carbonyl (C=O) groups is 1. The average molecular weight is 322 g/mol. The van der Waals surface area contributed by atoms with Gasteiger partial charge in [0, 0.05) is 18.8 Å². The van der Waals surface area contributed by atoms with Gasteiger partial charge in [-0.15, -0.1) is 0 Å². The Labute approximate surface area is 130 Å². The molecule has 0 aliphatic carbocycles. The number of amides is 1. The monoisotopic (exact) mass is 322 g/mol. The zero-order valence-electron chi connectivity index (χ0n) is 12.1. The first-order valence-corrected chi connectivity index (χ1v) is 6.54. The molecule has 0 saturated heterocycles. The highest BCUT2D eigenvalue weighted by Crippen LogP contribution is 2.28. The minimum absolute atomic E-state index is 0.165. The Balaban J connectivity index is 1.95. The number of carbonyl (C=O) groups excluding carboxylic acids is 1. The summed E-state index contributed by atoms with van der Waals surface area (Å²) in [6.07, 6.45) is -2.19. The first kappa shape index (κ1) is 16.5. The number of pyridine rings is 1. The van der Waals surface area contributed by atoms with Crippen LogP contribution in [-0.2, 0) is 11.0 Å². The van der Waals surface area contributed by atoms with Crippen LogP contribution in [0.25, 0.3) is 0 Å². The first-order chi connectivity index (χ1) is 10.8. The maximum Gasteiger partial charge on any atom is 0.417 e. The fraction of sp³-hybridized carbons (Fsp3) is 0.133. The number of nitrogens with zero attached hydrogens (tertiary/aromatic N) is 2. The van der Waals surface area contributed by atoms with Crippen molar-refractivity contribution in [3.05, 3.63) is 53.7 Å². The zero-order chi connectivity index (χ0) is 16.9. The van der Waals surface area contributed by atoms with E-state index in [-0.39, 0.29) is 11.7 Å². The van der Waals surface area contributed by atoms with Gasteiger partial charge in [-0.05, 0) is 29.8 Å². The van der Waals surface area contributed by atoms with E-state index in [0.29, 0.717) is 5.69 Å². The smallest absolute Gasteiger partial charge is 0.326 e. The normalized spacial score (nSPS) is 11.5. The highest BCUT2D eigenvalue weighted by Gasteiger charge is 2.30. The summed E-state index contributed by atoms with van der Waals surface area (Å²) in [5, 5.41) is 6.52. The Morgan fingerprint density at radius 3 is 2.39 bits per heavy atom. The van der Waals surface area contributed by atoms with Gasteiger partial charge in [-0.1, -0.05) is 12.1 Å². The quantitative estimate of drug-likeness (QED) is 0.669. The fourth-order valence-corrected chi connectivity index (χ4v) is 1.66. The third kappa shape index (κ3) is 5.10. The van der Waals surface area contributed by atoms with Crippen LogP contribution in [0.2, 0.25) is 0 Å². The van der Waals surface area contributed by atoms with Crippen molar-refractivity contribution < 1.29 is 18.0 Å². The molecule has 2 aromatic rings. The van der Waals surface area contributed by atoms with Crippen LogP contribution in [0.1, 0.15) is 18.1 Å². The highest BCUT2D eigenvalue weighted by molar-refractivity contribution is 5.89. The largest absolute Gasteiger partial charge is 0.417 e. The molecule has 23 heavy (non-hydrogen) atoms. The van der Waals surface area contributed by atoms with Crippen LogP contribution in [0, 0.1) is 0 Å². The number of anilines is 2. The van der Waals surface area contributed by atoms with E-state index in [9.17, 15) is 18.0 Å². The van der Waals surface area contributed by atoms with Crippen molar-refractivity contribution in [3.63, 3.8) is 0 Å². The number of hydrazone groups is 1. The van der Waals surface area contributed by atoms with Crippen molar-refractivity contribution in [2.24, 2.45) is 5.10 Å². The summed E-state index contributed by atoms with van der Waals surface area (Å²) in [7, 11) is 0. The predicted octanol–water partition coefficient (Wildman–Crippen LogP) is 3.50. The van der Waals surface area contributed by atoms with Crippen molar-refractivity contribution in [3.8, 4) is 0 Å². The molecule has 2 rings (SSSR count). The van der Waals surface area contributed by atoms with Gasteiger partial charge >= 0.3 is 6.18 Å². The molecule has 0 bridgehead atoms. The number of aromatic nitrogens is 1. The van der Waals surface area contributed by atoms with E-state index in [1.807, 2.05) is 0 Å². The van der Waals surface area contributed by atoms with Gasteiger partial charge in [0.15, 0.2) is 0 Å². The van der Waals surface area contributed by atoms with E-state index in [0.717, 1.165) is 17.8 Å². The van der Waals surface area contributed by atoms with Gasteiger partial charge in [0.25, 0.3) is 0 Å². The summed E-state index contributed by atoms with van der Waals surface area (Å²) in [6, 6.07) is 9.00. The van der Waals surface area contributed by atoms with Crippen LogP contribution in [0.15, 0.2) is 47.7 Å². The highest BCUT2D eigenvalue weighted by atomic mass is 19.4. The molecule has 1 heterocycles. The second-order valence-corrected chi connectivity index (χ2v) is 4.60. The molecule has 1 aromatic heterocycles. The Kier molecular flexibility index (Phi) is 4.95. The molecule has 1 amide bonds. The van der Waals surface area contributed by atoms with Crippen molar-refractivity contribution in [1.29, 1.82) is 0 Å². The number of alkyl halides is 3. The molecule has 8 heteroatoms. The van der Waals surface area contributed by atoms with Gasteiger partial charge in [-0.25, -0.2) is 4.98 Å². The lowest BCUT2D eigenvalue weighted by Gasteiger charge is -2.06. The maximum atomic E-state index is 12.4. The Morgan fingerprint density at radius 1 is 1.17 bits per heavy atom. The topological polar surface area (TPSA) is 66.4 Å². The molecule has 0 aliphatic heterocycles. The van der Waals surface area contributed by atoms with E-state index in [2.05, 4.69) is 20.8 Å². The van der Waals surface area contributed by atoms with E-state index < -0.39 is 11.7 Å². The molecule has 2 N–H and O–H groups in total. The zero-order valence-corrected chi connectivity index (χ0v) is 12.1. The van der Waals surface area contributed by atoms with Crippen molar-refractivity contribution in [2.75, 3.05) is 10.7 Å². The minimum Gasteiger partial charge on any atom is -0.326 e. The van der Waals surface area contributed by atoms with Crippen LogP contribution in [0.3, 0.4) is 0 Å². The molecule has 0 aliphatic rings. The molecule has 0 spiro atoms. The van der Waals surface area contributed by atoms with E-state index in [4.69, 9.17) is 0 Å². The lowest BCUT2D eigenvalue weighted by Crippen LogP contribution is -2.06. The van der Waals surface area contributed by atoms with Crippen molar-refractivity contribution in [2.45, 2.75) is 13.1 Å². The van der Waals surface area contributed by atoms with Crippen LogP contribution in [-0.4, -0.2) is 17.1 Å². The van der Waals surface area contributed by atoms with E-state index in [1.54, 1.807) is 24.3 Å². The molecule has 0 fully saturated rings. The number of hydrogen-bond donors (Lipinski definition) is 2. The standard InChI is InChI=1S/C15H13F3N4O/c1-10(23)21-13-5-2-11(3-6-13)8-20-22-14-7-4-12(9-19-14)15(16,17)18/h2-9H,1H3,(H,19,22)(H,21,23)/b20-8+. The van der Waals surface area contributed by atoms with Gasteiger partial charge in [-0.3, -0.25) is 10.2 Å². The molecular weight excluding hydrogens is 309 g/mol. The molecule has 1 aromatic carbocycles. The Morgan fingerprint density at radius 2 is 1.87 bits per heavy atom.